The highest BCUT2D eigenvalue weighted by Crippen LogP contribution is 2.20. The van der Waals surface area contributed by atoms with E-state index in [1.54, 1.807) is 0 Å². The van der Waals surface area contributed by atoms with Gasteiger partial charge in [-0.3, -0.25) is 4.79 Å². The predicted octanol–water partition coefficient (Wildman–Crippen LogP) is 2.11. The first-order valence-electron chi connectivity index (χ1n) is 7.34. The van der Waals surface area contributed by atoms with Crippen LogP contribution in [0.25, 0.3) is 10.9 Å². The molecule has 106 valence electrons. The zero-order chi connectivity index (χ0) is 13.9. The van der Waals surface area contributed by atoms with Crippen LogP contribution < -0.4 is 5.73 Å². The van der Waals surface area contributed by atoms with Crippen LogP contribution in [0.5, 0.6) is 0 Å². The molecule has 1 fully saturated rings. The molecule has 0 aliphatic carbocycles. The molecule has 3 rings (SSSR count). The summed E-state index contributed by atoms with van der Waals surface area (Å²) in [5, 5.41) is 1.15. The Hall–Kier alpha value is -1.81. The zero-order valence-corrected chi connectivity index (χ0v) is 11.7. The molecule has 1 saturated heterocycles. The van der Waals surface area contributed by atoms with E-state index in [-0.39, 0.29) is 5.91 Å². The molecule has 1 amide bonds. The van der Waals surface area contributed by atoms with Crippen molar-refractivity contribution in [2.45, 2.75) is 32.4 Å². The van der Waals surface area contributed by atoms with Crippen LogP contribution in [0.2, 0.25) is 0 Å². The molecular weight excluding hydrogens is 250 g/mol. The average Bonchev–Trinajstić information content (AvgIpc) is 2.91. The summed E-state index contributed by atoms with van der Waals surface area (Å²) >= 11 is 0. The Morgan fingerprint density at radius 2 is 1.95 bits per heavy atom. The number of para-hydroxylation sites is 1. The number of hydrogen-bond acceptors (Lipinski definition) is 2. The molecule has 4 heteroatoms. The summed E-state index contributed by atoms with van der Waals surface area (Å²) in [4.78, 5) is 14.4. The van der Waals surface area contributed by atoms with Gasteiger partial charge in [0.1, 0.15) is 6.54 Å². The van der Waals surface area contributed by atoms with E-state index in [2.05, 4.69) is 12.1 Å². The van der Waals surface area contributed by atoms with E-state index in [4.69, 9.17) is 5.73 Å². The molecule has 0 spiro atoms. The first kappa shape index (κ1) is 13.2. The molecule has 1 aromatic carbocycles. The highest BCUT2D eigenvalue weighted by Gasteiger charge is 2.17. The van der Waals surface area contributed by atoms with Crippen LogP contribution in [-0.4, -0.2) is 28.5 Å². The fraction of sp³-hybridized carbons (Fsp3) is 0.438. The van der Waals surface area contributed by atoms with Gasteiger partial charge in [0.25, 0.3) is 0 Å². The van der Waals surface area contributed by atoms with Crippen LogP contribution in [0.15, 0.2) is 30.5 Å². The number of nitrogens with zero attached hydrogens (tertiary/aromatic N) is 2. The number of likely N-dealkylation sites (tertiary alicyclic amines) is 1. The zero-order valence-electron chi connectivity index (χ0n) is 11.7. The van der Waals surface area contributed by atoms with E-state index in [1.165, 1.54) is 6.42 Å². The lowest BCUT2D eigenvalue weighted by Crippen LogP contribution is -2.37. The van der Waals surface area contributed by atoms with Crippen LogP contribution in [0.1, 0.15) is 24.8 Å². The van der Waals surface area contributed by atoms with Gasteiger partial charge in [-0.1, -0.05) is 18.2 Å². The average molecular weight is 271 g/mol. The quantitative estimate of drug-likeness (QED) is 0.929. The predicted molar refractivity (Wildman–Crippen MR) is 80.3 cm³/mol. The van der Waals surface area contributed by atoms with Crippen molar-refractivity contribution < 1.29 is 4.79 Å². The number of fused-ring (bicyclic) bond motifs is 1. The maximum absolute atomic E-state index is 12.4. The maximum atomic E-state index is 12.4. The minimum absolute atomic E-state index is 0.217. The monoisotopic (exact) mass is 271 g/mol. The molecular formula is C16H21N3O. The van der Waals surface area contributed by atoms with Gasteiger partial charge in [-0.05, 0) is 36.3 Å². The van der Waals surface area contributed by atoms with E-state index >= 15 is 0 Å². The van der Waals surface area contributed by atoms with Gasteiger partial charge in [-0.25, -0.2) is 0 Å². The number of piperidine rings is 1. The van der Waals surface area contributed by atoms with Crippen LogP contribution in [-0.2, 0) is 17.9 Å². The summed E-state index contributed by atoms with van der Waals surface area (Å²) in [5.41, 5.74) is 8.00. The van der Waals surface area contributed by atoms with Crippen LogP contribution in [0, 0.1) is 0 Å². The number of carbonyl (C=O) groups is 1. The van der Waals surface area contributed by atoms with E-state index in [9.17, 15) is 4.79 Å². The Morgan fingerprint density at radius 1 is 1.15 bits per heavy atom. The SMILES string of the molecule is NCc1cccc2ccn(CC(=O)N3CCCCC3)c12. The highest BCUT2D eigenvalue weighted by atomic mass is 16.2. The molecule has 2 aromatic rings. The molecule has 0 saturated carbocycles. The molecule has 0 atom stereocenters. The number of benzene rings is 1. The first-order valence-corrected chi connectivity index (χ1v) is 7.34. The Kier molecular flexibility index (Phi) is 3.74. The minimum atomic E-state index is 0.217. The van der Waals surface area contributed by atoms with Crippen molar-refractivity contribution in [1.29, 1.82) is 0 Å². The Morgan fingerprint density at radius 3 is 2.70 bits per heavy atom. The van der Waals surface area contributed by atoms with Crippen molar-refractivity contribution in [1.82, 2.24) is 9.47 Å². The lowest BCUT2D eigenvalue weighted by Gasteiger charge is -2.27. The van der Waals surface area contributed by atoms with Crippen molar-refractivity contribution in [3.8, 4) is 0 Å². The number of rotatable bonds is 3. The van der Waals surface area contributed by atoms with Gasteiger partial charge in [0.05, 0.1) is 5.52 Å². The number of amides is 1. The van der Waals surface area contributed by atoms with Gasteiger partial charge in [-0.15, -0.1) is 0 Å². The topological polar surface area (TPSA) is 51.3 Å². The maximum Gasteiger partial charge on any atom is 0.242 e. The van der Waals surface area contributed by atoms with Gasteiger partial charge in [0.15, 0.2) is 0 Å². The van der Waals surface area contributed by atoms with Gasteiger partial charge in [-0.2, -0.15) is 0 Å². The smallest absolute Gasteiger partial charge is 0.242 e. The lowest BCUT2D eigenvalue weighted by molar-refractivity contribution is -0.132. The molecule has 0 bridgehead atoms. The molecule has 20 heavy (non-hydrogen) atoms. The third-order valence-corrected chi connectivity index (χ3v) is 4.11. The molecule has 1 aliphatic rings. The van der Waals surface area contributed by atoms with E-state index in [0.29, 0.717) is 13.1 Å². The van der Waals surface area contributed by atoms with Crippen LogP contribution in [0.3, 0.4) is 0 Å². The lowest BCUT2D eigenvalue weighted by atomic mass is 10.1. The third kappa shape index (κ3) is 2.43. The summed E-state index contributed by atoms with van der Waals surface area (Å²) in [6.45, 7) is 2.73. The minimum Gasteiger partial charge on any atom is -0.341 e. The van der Waals surface area contributed by atoms with Crippen LogP contribution in [0.4, 0.5) is 0 Å². The number of hydrogen-bond donors (Lipinski definition) is 1. The molecule has 2 heterocycles. The van der Waals surface area contributed by atoms with Crippen LogP contribution >= 0.6 is 0 Å². The molecule has 2 N–H and O–H groups in total. The standard InChI is InChI=1S/C16H21N3O/c17-11-14-6-4-5-13-7-10-19(16(13)14)12-15(20)18-8-2-1-3-9-18/h4-7,10H,1-3,8-9,11-12,17H2. The van der Waals surface area contributed by atoms with Gasteiger partial charge in [0.2, 0.25) is 5.91 Å². The van der Waals surface area contributed by atoms with Crippen molar-refractivity contribution in [3.05, 3.63) is 36.0 Å². The summed E-state index contributed by atoms with van der Waals surface area (Å²) in [7, 11) is 0. The summed E-state index contributed by atoms with van der Waals surface area (Å²) in [5.74, 6) is 0.217. The second-order valence-electron chi connectivity index (χ2n) is 5.44. The number of nitrogens with two attached hydrogens (primary N) is 1. The third-order valence-electron chi connectivity index (χ3n) is 4.11. The van der Waals surface area contributed by atoms with Gasteiger partial charge < -0.3 is 15.2 Å². The Labute approximate surface area is 119 Å². The second kappa shape index (κ2) is 5.67. The summed E-state index contributed by atoms with van der Waals surface area (Å²) < 4.78 is 2.04. The Balaban J connectivity index is 1.85. The fourth-order valence-electron chi connectivity index (χ4n) is 3.03. The molecule has 1 aromatic heterocycles. The number of carbonyl (C=O) groups excluding carboxylic acids is 1. The van der Waals surface area contributed by atoms with Crippen molar-refractivity contribution in [2.24, 2.45) is 5.73 Å². The number of aromatic nitrogens is 1. The molecule has 1 aliphatic heterocycles. The second-order valence-corrected chi connectivity index (χ2v) is 5.44. The van der Waals surface area contributed by atoms with Crippen molar-refractivity contribution >= 4 is 16.8 Å². The largest absolute Gasteiger partial charge is 0.341 e. The van der Waals surface area contributed by atoms with E-state index < -0.39 is 0 Å². The van der Waals surface area contributed by atoms with E-state index in [1.807, 2.05) is 27.8 Å². The summed E-state index contributed by atoms with van der Waals surface area (Å²) in [6.07, 6.45) is 5.50. The molecule has 0 unspecified atom stereocenters. The Bertz CT molecular complexity index is 611. The molecule has 0 radical (unpaired) electrons. The highest BCUT2D eigenvalue weighted by molar-refractivity contribution is 5.85. The van der Waals surface area contributed by atoms with Gasteiger partial charge in [0, 0.05) is 25.8 Å². The normalized spacial score (nSPS) is 15.8. The fourth-order valence-corrected chi connectivity index (χ4v) is 3.03. The first-order chi connectivity index (χ1) is 9.79. The van der Waals surface area contributed by atoms with Gasteiger partial charge >= 0.3 is 0 Å². The summed E-state index contributed by atoms with van der Waals surface area (Å²) in [6, 6.07) is 8.17. The molecule has 4 nitrogen and oxygen atoms in total. The van der Waals surface area contributed by atoms with Crippen molar-refractivity contribution in [3.63, 3.8) is 0 Å². The van der Waals surface area contributed by atoms with E-state index in [0.717, 1.165) is 42.4 Å². The van der Waals surface area contributed by atoms with Crippen molar-refractivity contribution in [2.75, 3.05) is 13.1 Å².